The Labute approximate surface area is 101 Å². The van der Waals surface area contributed by atoms with Gasteiger partial charge in [0, 0.05) is 21.6 Å². The maximum Gasteiger partial charge on any atom is 0.233 e. The highest BCUT2D eigenvalue weighted by Gasteiger charge is 2.20. The number of hydrogen-bond acceptors (Lipinski definition) is 3. The maximum absolute atomic E-state index is 11.7. The van der Waals surface area contributed by atoms with E-state index in [0.717, 1.165) is 6.42 Å². The molecular formula is C11H24N2O2S. The van der Waals surface area contributed by atoms with Crippen LogP contribution in [0.2, 0.25) is 0 Å². The van der Waals surface area contributed by atoms with E-state index in [9.17, 15) is 9.00 Å². The summed E-state index contributed by atoms with van der Waals surface area (Å²) in [6.45, 7) is 8.29. The first-order valence-corrected chi connectivity index (χ1v) is 7.09. The lowest BCUT2D eigenvalue weighted by atomic mass is 10.0. The van der Waals surface area contributed by atoms with Crippen LogP contribution in [0.5, 0.6) is 0 Å². The third kappa shape index (κ3) is 6.23. The van der Waals surface area contributed by atoms with Crippen LogP contribution < -0.4 is 11.1 Å². The Bertz CT molecular complexity index is 254. The van der Waals surface area contributed by atoms with Crippen LogP contribution in [0.15, 0.2) is 0 Å². The molecule has 0 rings (SSSR count). The molecule has 0 aromatic heterocycles. The molecule has 4 nitrogen and oxygen atoms in total. The minimum Gasteiger partial charge on any atom is -0.350 e. The number of nitrogens with two attached hydrogens (primary N) is 1. The van der Waals surface area contributed by atoms with Crippen molar-refractivity contribution in [2.75, 3.05) is 12.3 Å². The quantitative estimate of drug-likeness (QED) is 0.699. The predicted octanol–water partition coefficient (Wildman–Crippen LogP) is 0.777. The molecule has 0 aromatic rings. The Morgan fingerprint density at radius 2 is 2.06 bits per heavy atom. The molecule has 2 unspecified atom stereocenters. The van der Waals surface area contributed by atoms with Gasteiger partial charge in [-0.2, -0.15) is 0 Å². The lowest BCUT2D eigenvalue weighted by Gasteiger charge is -2.24. The summed E-state index contributed by atoms with van der Waals surface area (Å²) >= 11 is 0. The van der Waals surface area contributed by atoms with Crippen LogP contribution in [-0.4, -0.2) is 33.2 Å². The molecule has 3 N–H and O–H groups in total. The van der Waals surface area contributed by atoms with Crippen molar-refractivity contribution in [1.82, 2.24) is 5.32 Å². The fourth-order valence-electron chi connectivity index (χ4n) is 1.14. The number of nitrogens with one attached hydrogen (secondary N) is 1. The maximum atomic E-state index is 11.7. The smallest absolute Gasteiger partial charge is 0.233 e. The summed E-state index contributed by atoms with van der Waals surface area (Å²) < 4.78 is 11.7. The van der Waals surface area contributed by atoms with Gasteiger partial charge in [-0.3, -0.25) is 9.00 Å². The monoisotopic (exact) mass is 248 g/mol. The summed E-state index contributed by atoms with van der Waals surface area (Å²) in [7, 11) is -1.12. The standard InChI is InChI=1S/C11H24N2O2S/c1-5-11(3,4)13-10(14)8-16(15)9(2)6-7-12/h9H,5-8,12H2,1-4H3,(H,13,14). The molecule has 0 aromatic carbocycles. The SMILES string of the molecule is CCC(C)(C)NC(=O)CS(=O)C(C)CCN. The molecule has 0 aliphatic heterocycles. The highest BCUT2D eigenvalue weighted by Crippen LogP contribution is 2.07. The topological polar surface area (TPSA) is 72.2 Å². The first kappa shape index (κ1) is 15.6. The van der Waals surface area contributed by atoms with Crippen molar-refractivity contribution in [3.63, 3.8) is 0 Å². The molecular weight excluding hydrogens is 224 g/mol. The molecule has 0 heterocycles. The lowest BCUT2D eigenvalue weighted by Crippen LogP contribution is -2.45. The van der Waals surface area contributed by atoms with Gasteiger partial charge >= 0.3 is 0 Å². The van der Waals surface area contributed by atoms with Crippen molar-refractivity contribution in [1.29, 1.82) is 0 Å². The van der Waals surface area contributed by atoms with Crippen LogP contribution in [0.3, 0.4) is 0 Å². The molecule has 0 aliphatic carbocycles. The van der Waals surface area contributed by atoms with Crippen LogP contribution in [0.4, 0.5) is 0 Å². The molecule has 0 spiro atoms. The van der Waals surface area contributed by atoms with Crippen molar-refractivity contribution in [2.45, 2.75) is 51.3 Å². The molecule has 0 saturated carbocycles. The van der Waals surface area contributed by atoms with Crippen LogP contribution in [0.1, 0.15) is 40.5 Å². The molecule has 5 heteroatoms. The zero-order chi connectivity index (χ0) is 12.8. The first-order valence-electron chi connectivity index (χ1n) is 5.70. The van der Waals surface area contributed by atoms with Crippen molar-refractivity contribution in [3.05, 3.63) is 0 Å². The van der Waals surface area contributed by atoms with E-state index < -0.39 is 10.8 Å². The minimum absolute atomic E-state index is 0.0134. The number of rotatable bonds is 7. The normalized spacial score (nSPS) is 15.6. The first-order chi connectivity index (χ1) is 7.32. The van der Waals surface area contributed by atoms with Crippen LogP contribution in [0.25, 0.3) is 0 Å². The Balaban J connectivity index is 4.10. The zero-order valence-electron chi connectivity index (χ0n) is 10.7. The van der Waals surface area contributed by atoms with Gasteiger partial charge in [-0.1, -0.05) is 13.8 Å². The van der Waals surface area contributed by atoms with E-state index >= 15 is 0 Å². The molecule has 2 atom stereocenters. The summed E-state index contributed by atoms with van der Waals surface area (Å²) in [6.07, 6.45) is 1.54. The average molecular weight is 248 g/mol. The molecule has 0 radical (unpaired) electrons. The third-order valence-corrected chi connectivity index (χ3v) is 4.34. The van der Waals surface area contributed by atoms with Crippen molar-refractivity contribution in [3.8, 4) is 0 Å². The Morgan fingerprint density at radius 1 is 1.50 bits per heavy atom. The van der Waals surface area contributed by atoms with E-state index in [4.69, 9.17) is 5.73 Å². The van der Waals surface area contributed by atoms with Gasteiger partial charge in [0.2, 0.25) is 5.91 Å². The molecule has 0 saturated heterocycles. The van der Waals surface area contributed by atoms with E-state index in [2.05, 4.69) is 5.32 Å². The van der Waals surface area contributed by atoms with Gasteiger partial charge in [-0.25, -0.2) is 0 Å². The molecule has 0 aliphatic rings. The van der Waals surface area contributed by atoms with E-state index in [1.54, 1.807) is 0 Å². The van der Waals surface area contributed by atoms with Crippen LogP contribution >= 0.6 is 0 Å². The summed E-state index contributed by atoms with van der Waals surface area (Å²) in [5, 5.41) is 2.86. The van der Waals surface area contributed by atoms with Gasteiger partial charge in [0.25, 0.3) is 0 Å². The van der Waals surface area contributed by atoms with Gasteiger partial charge in [-0.15, -0.1) is 0 Å². The Hall–Kier alpha value is -0.420. The summed E-state index contributed by atoms with van der Waals surface area (Å²) in [5.41, 5.74) is 5.16. The average Bonchev–Trinajstić information content (AvgIpc) is 2.17. The predicted molar refractivity (Wildman–Crippen MR) is 68.7 cm³/mol. The van der Waals surface area contributed by atoms with Gasteiger partial charge < -0.3 is 11.1 Å². The second-order valence-corrected chi connectivity index (χ2v) is 6.55. The second-order valence-electron chi connectivity index (χ2n) is 4.70. The highest BCUT2D eigenvalue weighted by atomic mass is 32.2. The van der Waals surface area contributed by atoms with Crippen molar-refractivity contribution in [2.24, 2.45) is 5.73 Å². The van der Waals surface area contributed by atoms with Crippen LogP contribution in [0, 0.1) is 0 Å². The summed E-state index contributed by atoms with van der Waals surface area (Å²) in [6, 6.07) is 0. The fourth-order valence-corrected chi connectivity index (χ4v) is 2.15. The molecule has 96 valence electrons. The number of amides is 1. The number of carbonyl (C=O) groups excluding carboxylic acids is 1. The molecule has 1 amide bonds. The highest BCUT2D eigenvalue weighted by molar-refractivity contribution is 7.86. The minimum atomic E-state index is -1.12. The van der Waals surface area contributed by atoms with Crippen molar-refractivity contribution < 1.29 is 9.00 Å². The number of hydrogen-bond donors (Lipinski definition) is 2. The summed E-state index contributed by atoms with van der Waals surface area (Å²) in [4.78, 5) is 11.6. The zero-order valence-corrected chi connectivity index (χ0v) is 11.5. The van der Waals surface area contributed by atoms with Gasteiger partial charge in [-0.05, 0) is 33.2 Å². The molecule has 0 fully saturated rings. The van der Waals surface area contributed by atoms with Crippen LogP contribution in [-0.2, 0) is 15.6 Å². The third-order valence-electron chi connectivity index (χ3n) is 2.66. The fraction of sp³-hybridized carbons (Fsp3) is 0.909. The largest absolute Gasteiger partial charge is 0.350 e. The van der Waals surface area contributed by atoms with Gasteiger partial charge in [0.15, 0.2) is 0 Å². The van der Waals surface area contributed by atoms with E-state index in [0.29, 0.717) is 13.0 Å². The molecule has 0 bridgehead atoms. The Kier molecular flexibility index (Phi) is 6.83. The van der Waals surface area contributed by atoms with Gasteiger partial charge in [0.1, 0.15) is 5.75 Å². The lowest BCUT2D eigenvalue weighted by molar-refractivity contribution is -0.120. The second kappa shape index (κ2) is 7.01. The number of carbonyl (C=O) groups is 1. The van der Waals surface area contributed by atoms with E-state index in [1.165, 1.54) is 0 Å². The van der Waals surface area contributed by atoms with Crippen molar-refractivity contribution >= 4 is 16.7 Å². The summed E-state index contributed by atoms with van der Waals surface area (Å²) in [5.74, 6) is -0.0704. The van der Waals surface area contributed by atoms with E-state index in [1.807, 2.05) is 27.7 Å². The Morgan fingerprint density at radius 3 is 2.50 bits per heavy atom. The van der Waals surface area contributed by atoms with E-state index in [-0.39, 0.29) is 22.4 Å². The van der Waals surface area contributed by atoms with Gasteiger partial charge in [0.05, 0.1) is 0 Å². The molecule has 16 heavy (non-hydrogen) atoms.